The highest BCUT2D eigenvalue weighted by molar-refractivity contribution is 5.88. The van der Waals surface area contributed by atoms with Crippen molar-refractivity contribution in [3.05, 3.63) is 39.2 Å². The first-order chi connectivity index (χ1) is 13.6. The van der Waals surface area contributed by atoms with E-state index in [0.29, 0.717) is 23.4 Å². The molecule has 0 aliphatic carbocycles. The van der Waals surface area contributed by atoms with Crippen molar-refractivity contribution < 1.29 is 23.8 Å². The maximum atomic E-state index is 12.5. The van der Waals surface area contributed by atoms with Crippen molar-refractivity contribution in [1.82, 2.24) is 10.2 Å². The molecule has 0 radical (unpaired) electrons. The first-order valence-corrected chi connectivity index (χ1v) is 9.49. The van der Waals surface area contributed by atoms with Crippen LogP contribution in [0.3, 0.4) is 0 Å². The van der Waals surface area contributed by atoms with Gasteiger partial charge in [0.15, 0.2) is 6.61 Å². The monoisotopic (exact) mass is 404 g/mol. The number of hydrogen-bond acceptors (Lipinski definition) is 6. The summed E-state index contributed by atoms with van der Waals surface area (Å²) in [7, 11) is 0. The van der Waals surface area contributed by atoms with Crippen LogP contribution in [0.1, 0.15) is 30.5 Å². The third-order valence-electron chi connectivity index (χ3n) is 4.83. The summed E-state index contributed by atoms with van der Waals surface area (Å²) in [5.74, 6) is -0.286. The molecule has 2 aromatic rings. The lowest BCUT2D eigenvalue weighted by Gasteiger charge is -2.33. The van der Waals surface area contributed by atoms with Crippen LogP contribution in [0.15, 0.2) is 21.3 Å². The summed E-state index contributed by atoms with van der Waals surface area (Å²) in [5, 5.41) is 11.4. The molecule has 3 rings (SSSR count). The highest BCUT2D eigenvalue weighted by Gasteiger charge is 2.23. The number of rotatable bonds is 3. The van der Waals surface area contributed by atoms with E-state index in [2.05, 4.69) is 5.32 Å². The highest BCUT2D eigenvalue weighted by Crippen LogP contribution is 2.30. The Morgan fingerprint density at radius 1 is 1.28 bits per heavy atom. The van der Waals surface area contributed by atoms with E-state index in [9.17, 15) is 9.59 Å². The smallest absolute Gasteiger partial charge is 0.339 e. The fraction of sp³-hybridized carbons (Fsp3) is 0.476. The second-order valence-corrected chi connectivity index (χ2v) is 7.22. The second kappa shape index (κ2) is 9.56. The number of carboxylic acid groups (broad SMARTS) is 1. The Balaban J connectivity index is 0.000000687. The number of ether oxygens (including phenoxy) is 1. The Kier molecular flexibility index (Phi) is 7.39. The lowest BCUT2D eigenvalue weighted by molar-refractivity contribution is -0.136. The van der Waals surface area contributed by atoms with E-state index in [1.807, 2.05) is 37.8 Å². The molecule has 29 heavy (non-hydrogen) atoms. The number of hydrogen-bond donors (Lipinski definition) is 2. The van der Waals surface area contributed by atoms with Crippen molar-refractivity contribution in [3.63, 3.8) is 0 Å². The molecule has 1 atom stereocenters. The first kappa shape index (κ1) is 22.4. The number of benzene rings is 1. The fourth-order valence-corrected chi connectivity index (χ4v) is 3.24. The molecule has 1 saturated heterocycles. The van der Waals surface area contributed by atoms with Gasteiger partial charge >= 0.3 is 5.63 Å². The fourth-order valence-electron chi connectivity index (χ4n) is 3.24. The Morgan fingerprint density at radius 3 is 2.55 bits per heavy atom. The van der Waals surface area contributed by atoms with Gasteiger partial charge < -0.3 is 24.5 Å². The molecule has 0 spiro atoms. The number of nitrogens with zero attached hydrogens (tertiary/aromatic N) is 1. The van der Waals surface area contributed by atoms with Gasteiger partial charge in [-0.05, 0) is 51.0 Å². The van der Waals surface area contributed by atoms with Crippen molar-refractivity contribution in [2.75, 3.05) is 26.2 Å². The van der Waals surface area contributed by atoms with Crippen molar-refractivity contribution >= 4 is 22.8 Å². The maximum absolute atomic E-state index is 12.5. The average molecular weight is 404 g/mol. The zero-order valence-corrected chi connectivity index (χ0v) is 17.5. The van der Waals surface area contributed by atoms with Gasteiger partial charge in [0.05, 0.1) is 5.39 Å². The van der Waals surface area contributed by atoms with Crippen LogP contribution < -0.4 is 15.7 Å². The van der Waals surface area contributed by atoms with Crippen LogP contribution in [0.25, 0.3) is 11.0 Å². The van der Waals surface area contributed by atoms with Gasteiger partial charge in [0.2, 0.25) is 0 Å². The number of nitrogens with one attached hydrogen (secondary N) is 1. The van der Waals surface area contributed by atoms with Crippen molar-refractivity contribution in [3.8, 4) is 5.75 Å². The summed E-state index contributed by atoms with van der Waals surface area (Å²) in [5.41, 5.74) is 2.45. The lowest BCUT2D eigenvalue weighted by atomic mass is 10.0. The Hall–Kier alpha value is -2.87. The molecular formula is C21H28N2O6. The Bertz CT molecular complexity index is 962. The number of aryl methyl sites for hydroxylation is 2. The summed E-state index contributed by atoms with van der Waals surface area (Å²) in [4.78, 5) is 35.3. The molecule has 1 amide bonds. The van der Waals surface area contributed by atoms with E-state index in [1.165, 1.54) is 0 Å². The largest absolute Gasteiger partial charge is 0.483 e. The normalized spacial score (nSPS) is 16.2. The molecule has 0 unspecified atom stereocenters. The lowest BCUT2D eigenvalue weighted by Crippen LogP contribution is -2.53. The van der Waals surface area contributed by atoms with Crippen LogP contribution in [0, 0.1) is 20.8 Å². The van der Waals surface area contributed by atoms with Gasteiger partial charge in [-0.2, -0.15) is 0 Å². The van der Waals surface area contributed by atoms with E-state index in [0.717, 1.165) is 36.5 Å². The van der Waals surface area contributed by atoms with Crippen LogP contribution >= 0.6 is 0 Å². The molecule has 2 heterocycles. The van der Waals surface area contributed by atoms with Gasteiger partial charge in [0.1, 0.15) is 11.3 Å². The molecule has 8 nitrogen and oxygen atoms in total. The van der Waals surface area contributed by atoms with Gasteiger partial charge in [-0.3, -0.25) is 9.59 Å². The van der Waals surface area contributed by atoms with Crippen molar-refractivity contribution in [2.24, 2.45) is 0 Å². The number of carbonyl (C=O) groups excluding carboxylic acids is 1. The van der Waals surface area contributed by atoms with Crippen LogP contribution in [0.2, 0.25) is 0 Å². The molecular weight excluding hydrogens is 376 g/mol. The molecule has 1 fully saturated rings. The molecule has 1 aliphatic rings. The zero-order valence-electron chi connectivity index (χ0n) is 17.5. The summed E-state index contributed by atoms with van der Waals surface area (Å²) in [6.45, 7) is 10.9. The van der Waals surface area contributed by atoms with Crippen molar-refractivity contribution in [2.45, 2.75) is 40.7 Å². The van der Waals surface area contributed by atoms with Gasteiger partial charge in [-0.15, -0.1) is 0 Å². The van der Waals surface area contributed by atoms with E-state index in [1.54, 1.807) is 6.92 Å². The minimum Gasteiger partial charge on any atom is -0.483 e. The SMILES string of the molecule is CC(=O)O.Cc1cc(OCC(=O)N2CCNC[C@H]2C)c2c(C)c(C)c(=O)oc2c1. The Labute approximate surface area is 169 Å². The Morgan fingerprint density at radius 2 is 1.93 bits per heavy atom. The van der Waals surface area contributed by atoms with Gasteiger partial charge in [-0.25, -0.2) is 4.79 Å². The van der Waals surface area contributed by atoms with E-state index in [4.69, 9.17) is 19.1 Å². The number of piperazine rings is 1. The molecule has 1 aliphatic heterocycles. The highest BCUT2D eigenvalue weighted by atomic mass is 16.5. The first-order valence-electron chi connectivity index (χ1n) is 9.49. The zero-order chi connectivity index (χ0) is 21.7. The number of amides is 1. The molecule has 0 bridgehead atoms. The van der Waals surface area contributed by atoms with Gasteiger partial charge in [0.25, 0.3) is 11.9 Å². The van der Waals surface area contributed by atoms with Gasteiger partial charge in [0, 0.05) is 38.2 Å². The molecule has 158 valence electrons. The number of carbonyl (C=O) groups is 2. The summed E-state index contributed by atoms with van der Waals surface area (Å²) < 4.78 is 11.3. The second-order valence-electron chi connectivity index (χ2n) is 7.22. The minimum absolute atomic E-state index is 0.0273. The number of fused-ring (bicyclic) bond motifs is 1. The summed E-state index contributed by atoms with van der Waals surface area (Å²) in [6.07, 6.45) is 0. The third-order valence-corrected chi connectivity index (χ3v) is 4.83. The van der Waals surface area contributed by atoms with E-state index >= 15 is 0 Å². The molecule has 2 N–H and O–H groups in total. The van der Waals surface area contributed by atoms with Crippen LogP contribution in [0.4, 0.5) is 0 Å². The van der Waals surface area contributed by atoms with Crippen LogP contribution in [0.5, 0.6) is 5.75 Å². The van der Waals surface area contributed by atoms with Crippen LogP contribution in [-0.2, 0) is 9.59 Å². The standard InChI is InChI=1S/C19H24N2O4.C2H4O2/c1-11-7-15(18-13(3)14(4)19(23)25-16(18)8-11)24-10-17(22)21-6-5-20-9-12(21)2;1-2(3)4/h7-8,12,20H,5-6,9-10H2,1-4H3;1H3,(H,3,4)/t12-;/m1./s1. The summed E-state index contributed by atoms with van der Waals surface area (Å²) >= 11 is 0. The minimum atomic E-state index is -0.833. The van der Waals surface area contributed by atoms with Crippen molar-refractivity contribution in [1.29, 1.82) is 0 Å². The van der Waals surface area contributed by atoms with Gasteiger partial charge in [-0.1, -0.05) is 0 Å². The van der Waals surface area contributed by atoms with Crippen LogP contribution in [-0.4, -0.2) is 54.2 Å². The predicted octanol–water partition coefficient (Wildman–Crippen LogP) is 2.01. The molecule has 8 heteroatoms. The third kappa shape index (κ3) is 5.57. The van der Waals surface area contributed by atoms with E-state index < -0.39 is 5.97 Å². The molecule has 1 aromatic heterocycles. The maximum Gasteiger partial charge on any atom is 0.339 e. The van der Waals surface area contributed by atoms with E-state index in [-0.39, 0.29) is 24.2 Å². The predicted molar refractivity (Wildman–Crippen MR) is 110 cm³/mol. The average Bonchev–Trinajstić information content (AvgIpc) is 2.63. The number of aliphatic carboxylic acids is 1. The topological polar surface area (TPSA) is 109 Å². The molecule has 1 aromatic carbocycles. The summed E-state index contributed by atoms with van der Waals surface area (Å²) in [6, 6.07) is 3.85. The molecule has 0 saturated carbocycles. The quantitative estimate of drug-likeness (QED) is 0.753. The number of carboxylic acids is 1.